The zero-order chi connectivity index (χ0) is 103. The van der Waals surface area contributed by atoms with Gasteiger partial charge in [0.25, 0.3) is 0 Å². The average molecular weight is 2190 g/mol. The van der Waals surface area contributed by atoms with Gasteiger partial charge in [0, 0.05) is 48.6 Å². The molecule has 8 fully saturated rings. The molecule has 28 atom stereocenters. The summed E-state index contributed by atoms with van der Waals surface area (Å²) in [5, 5.41) is 39.5. The van der Waals surface area contributed by atoms with E-state index in [2.05, 4.69) is 105 Å². The smallest absolute Gasteiger partial charge is 0.325 e. The first kappa shape index (κ1) is 131. The van der Waals surface area contributed by atoms with Crippen LogP contribution >= 0.6 is 74.4 Å². The highest BCUT2D eigenvalue weighted by molar-refractivity contribution is 5.90. The van der Waals surface area contributed by atoms with E-state index in [1.54, 1.807) is 21.8 Å². The number of hydrogen-bond acceptors (Lipinski definition) is 30. The molecule has 0 spiro atoms. The number of unbranched alkanes of at least 4 members (excludes halogenated alkanes) is 1. The highest BCUT2D eigenvalue weighted by Crippen LogP contribution is 2.72. The fourth-order valence-electron chi connectivity index (χ4n) is 25.0. The van der Waals surface area contributed by atoms with Gasteiger partial charge >= 0.3 is 35.8 Å². The first-order chi connectivity index (χ1) is 65.9. The number of aryl methyl sites for hydroxylation is 2. The van der Waals surface area contributed by atoms with Crippen molar-refractivity contribution in [2.24, 2.45) is 163 Å². The Morgan fingerprint density at radius 2 is 0.616 bits per heavy atom. The van der Waals surface area contributed by atoms with Crippen molar-refractivity contribution in [1.29, 1.82) is 0 Å². The molecule has 2 aromatic heterocycles. The van der Waals surface area contributed by atoms with Crippen LogP contribution in [0.1, 0.15) is 264 Å². The number of ether oxygens (including phenoxy) is 6. The minimum atomic E-state index is -0.858. The molecule has 8 aliphatic rings. The van der Waals surface area contributed by atoms with Crippen molar-refractivity contribution in [3.8, 4) is 0 Å². The Balaban J connectivity index is 0.00000740. The molecular weight excluding hydrogens is 2010 g/mol. The predicted molar refractivity (Wildman–Crippen MR) is 559 cm³/mol. The summed E-state index contributed by atoms with van der Waals surface area (Å²) in [6.45, 7) is 33.7. The lowest BCUT2D eigenvalue weighted by molar-refractivity contribution is -0.226. The van der Waals surface area contributed by atoms with Gasteiger partial charge in [-0.1, -0.05) is 135 Å². The zero-order valence-corrected chi connectivity index (χ0v) is 93.3. The summed E-state index contributed by atoms with van der Waals surface area (Å²) in [6, 6.07) is -5.04. The lowest BCUT2D eigenvalue weighted by Gasteiger charge is -2.64. The highest BCUT2D eigenvalue weighted by Gasteiger charge is 2.70. The molecule has 40 nitrogen and oxygen atoms in total. The molecule has 2 aromatic rings. The SMILES string of the molecule is CC(C)C(N)C(=O)NCC(=O)O[C@@H]1CC[C@@]2(C)[C@@H](C1)C[C@@H](OC(=O)CNC(=O)C(N)C(C)C)[C@@H]1[C@@H]2C[C@H](OC(=O)CNC(=O)C(N)C(C)C)[C@]2(C)[C@@H]([C@H](C)CCC(=O)NCc3cn(CCCCn4cc(CNC(=O)CC[C@@H](C)[C@H]5CC[C@H]6[C@@H]7[C@H](OC(=O)CNC(=O)C(N)C(C)C)C[C@@H]8C[C@H](OC(=O)CNC(=O)C(N)C(C)C)CC[C@]8(C)[C@H]7C[C@H](OC(=O)CNC(=O)C(N)C(C)C)[C@]56C)nn4)nn3)CC[C@@H]12.Cl.Cl.Cl.Cl.Cl.Cl. The highest BCUT2D eigenvalue weighted by atomic mass is 35.5. The number of fused-ring (bicyclic) bond motifs is 10. The van der Waals surface area contributed by atoms with Gasteiger partial charge in [-0.15, -0.1) is 84.6 Å². The maximum atomic E-state index is 14.3. The number of amides is 8. The summed E-state index contributed by atoms with van der Waals surface area (Å²) in [5.41, 5.74) is 35.7. The number of esters is 6. The summed E-state index contributed by atoms with van der Waals surface area (Å²) < 4.78 is 42.1. The third kappa shape index (κ3) is 32.5. The third-order valence-electron chi connectivity index (χ3n) is 33.9. The van der Waals surface area contributed by atoms with Gasteiger partial charge in [-0.3, -0.25) is 76.5 Å². The molecule has 146 heavy (non-hydrogen) atoms. The Hall–Kier alpha value is -7.64. The molecule has 46 heteroatoms. The van der Waals surface area contributed by atoms with E-state index >= 15 is 0 Å². The van der Waals surface area contributed by atoms with E-state index in [-0.39, 0.29) is 232 Å². The lowest BCUT2D eigenvalue weighted by Crippen LogP contribution is -2.64. The van der Waals surface area contributed by atoms with Crippen LogP contribution in [-0.2, 0) is 122 Å². The number of carbonyl (C=O) groups excluding carboxylic acids is 14. The normalized spacial score (nSPS) is 28.8. The van der Waals surface area contributed by atoms with E-state index in [0.29, 0.717) is 140 Å². The van der Waals surface area contributed by atoms with Crippen LogP contribution in [0.3, 0.4) is 0 Å². The monoisotopic (exact) mass is 2180 g/mol. The number of hydrogen-bond donors (Lipinski definition) is 14. The van der Waals surface area contributed by atoms with Crippen molar-refractivity contribution < 1.29 is 95.5 Å². The molecule has 0 radical (unpaired) electrons. The van der Waals surface area contributed by atoms with Crippen molar-refractivity contribution in [3.05, 3.63) is 23.8 Å². The summed E-state index contributed by atoms with van der Waals surface area (Å²) in [6.07, 6.45) is 10.1. The Labute approximate surface area is 897 Å². The molecule has 0 saturated heterocycles. The maximum absolute atomic E-state index is 14.3. The van der Waals surface area contributed by atoms with Gasteiger partial charge in [-0.2, -0.15) is 0 Å². The number of nitrogens with zero attached hydrogens (tertiary/aromatic N) is 6. The second-order valence-corrected chi connectivity index (χ2v) is 45.0. The van der Waals surface area contributed by atoms with Crippen molar-refractivity contribution in [1.82, 2.24) is 72.5 Å². The second-order valence-electron chi connectivity index (χ2n) is 45.0. The lowest BCUT2D eigenvalue weighted by atomic mass is 9.43. The van der Waals surface area contributed by atoms with Crippen LogP contribution in [0.25, 0.3) is 0 Å². The van der Waals surface area contributed by atoms with Crippen molar-refractivity contribution in [2.75, 3.05) is 39.3 Å². The van der Waals surface area contributed by atoms with Gasteiger partial charge in [0.05, 0.1) is 61.7 Å². The first-order valence-electron chi connectivity index (χ1n) is 51.6. The average Bonchev–Trinajstić information content (AvgIpc) is 1.29. The van der Waals surface area contributed by atoms with E-state index in [9.17, 15) is 67.1 Å². The van der Waals surface area contributed by atoms with Crippen LogP contribution in [0.2, 0.25) is 0 Å². The van der Waals surface area contributed by atoms with Crippen LogP contribution in [0.15, 0.2) is 12.4 Å². The quantitative estimate of drug-likeness (QED) is 0.0185. The first-order valence-corrected chi connectivity index (χ1v) is 51.6. The minimum Gasteiger partial charge on any atom is -0.461 e. The molecule has 834 valence electrons. The molecule has 0 bridgehead atoms. The molecule has 2 heterocycles. The van der Waals surface area contributed by atoms with Crippen LogP contribution in [-0.4, -0.2) is 225 Å². The number of aromatic nitrogens is 6. The standard InChI is InChI=1S/C100H166N20O20.6ClH/c1-51(2)85(101)91(129)109-43-77(123)135-63-29-31-97(15)59(35-63)37-71(137-79(125)45-111-93(131)87(103)53(5)6)83-67-25-23-65(99(67,17)73(39-69(83)97)139-81(127)47-113-95(133)89(105)55(9)10)57(13)21-27-75(121)107-41-61-49-119(117-115-61)33-19-20-34-120-50-62(116-118-120)42-108-76(122)28-22-58(14)66-24-26-68-84-70(40-74(100(66,68)18)140-82(128)48-114-96(134)90(106)56(11)12)98(16)32-30-64(136-78(124)44-110-92(130)86(102)52(3)4)36-60(98)38-72(84)138-80(126)46-112-94(132)88(104)54(7)8;;;;;;/h49-60,63-74,83-90H,19-48,101-106H2,1-18H3,(H,107,121)(H,108,122)(H,109,129)(H,110,130)(H,111,131)(H,112,132)(H,113,133)(H,114,134);6*1H/t57-,58-,59+,60+,63-,64-,65-,66-,67+,68+,69+,70+,71-,72-,73+,74+,83+,84+,85?,86?,87?,88?,89?,90?,97+,98+,99-,100-;;;;;;/m1....../s1. The van der Waals surface area contributed by atoms with E-state index in [4.69, 9.17) is 62.8 Å². The summed E-state index contributed by atoms with van der Waals surface area (Å²) in [4.78, 5) is 190. The fourth-order valence-corrected chi connectivity index (χ4v) is 25.0. The minimum absolute atomic E-state index is 0. The van der Waals surface area contributed by atoms with Crippen LogP contribution < -0.4 is 76.9 Å². The molecule has 0 aromatic carbocycles. The van der Waals surface area contributed by atoms with Crippen LogP contribution in [0.4, 0.5) is 0 Å². The molecule has 8 saturated carbocycles. The van der Waals surface area contributed by atoms with Crippen LogP contribution in [0.5, 0.6) is 0 Å². The molecule has 6 unspecified atom stereocenters. The van der Waals surface area contributed by atoms with Gasteiger partial charge in [0.1, 0.15) is 87.3 Å². The number of nitrogens with one attached hydrogen (secondary N) is 8. The Kier molecular flexibility index (Phi) is 51.6. The second kappa shape index (κ2) is 57.7. The molecule has 10 rings (SSSR count). The number of rotatable bonds is 47. The van der Waals surface area contributed by atoms with Gasteiger partial charge in [0.2, 0.25) is 47.3 Å². The zero-order valence-electron chi connectivity index (χ0n) is 88.5. The number of halogens is 6. The molecule has 0 aliphatic heterocycles. The van der Waals surface area contributed by atoms with Crippen molar-refractivity contribution in [3.63, 3.8) is 0 Å². The van der Waals surface area contributed by atoms with Gasteiger partial charge in [0.15, 0.2) is 0 Å². The predicted octanol–water partition coefficient (Wildman–Crippen LogP) is 6.77. The topological polar surface area (TPSA) is 608 Å². The summed E-state index contributed by atoms with van der Waals surface area (Å²) in [7, 11) is 0. The van der Waals surface area contributed by atoms with Crippen molar-refractivity contribution in [2.45, 2.75) is 352 Å². The van der Waals surface area contributed by atoms with E-state index in [1.165, 1.54) is 0 Å². The fraction of sp³-hybridized carbons (Fsp3) is 0.820. The number of carbonyl (C=O) groups is 14. The number of nitrogens with two attached hydrogens (primary N) is 6. The van der Waals surface area contributed by atoms with E-state index < -0.39 is 192 Å². The van der Waals surface area contributed by atoms with Gasteiger partial charge in [-0.25, -0.2) is 0 Å². The summed E-state index contributed by atoms with van der Waals surface area (Å²) in [5.74, 6) is -9.94. The van der Waals surface area contributed by atoms with E-state index in [1.807, 2.05) is 83.1 Å². The summed E-state index contributed by atoms with van der Waals surface area (Å²) >= 11 is 0. The molecular formula is C100H172Cl6N20O20. The molecule has 8 amide bonds. The Morgan fingerprint density at radius 1 is 0.349 bits per heavy atom. The maximum Gasteiger partial charge on any atom is 0.325 e. The van der Waals surface area contributed by atoms with Crippen LogP contribution in [0, 0.1) is 128 Å². The van der Waals surface area contributed by atoms with Gasteiger partial charge in [-0.05, 0) is 221 Å². The largest absolute Gasteiger partial charge is 0.461 e. The molecule has 20 N–H and O–H groups in total. The Bertz CT molecular complexity index is 4380. The third-order valence-corrected chi connectivity index (χ3v) is 33.9. The van der Waals surface area contributed by atoms with Gasteiger partial charge < -0.3 is 105 Å². The van der Waals surface area contributed by atoms with E-state index in [0.717, 1.165) is 0 Å². The van der Waals surface area contributed by atoms with Crippen molar-refractivity contribution >= 4 is 158 Å². The Morgan fingerprint density at radius 3 is 0.890 bits per heavy atom. The molecule has 8 aliphatic carbocycles.